The van der Waals surface area contributed by atoms with Gasteiger partial charge in [-0.3, -0.25) is 9.78 Å². The number of halogens is 5. The number of amides is 1. The summed E-state index contributed by atoms with van der Waals surface area (Å²) >= 11 is 0. The van der Waals surface area contributed by atoms with Crippen molar-refractivity contribution >= 4 is 15.9 Å². The van der Waals surface area contributed by atoms with Gasteiger partial charge in [0, 0.05) is 24.7 Å². The molecule has 2 atom stereocenters. The summed E-state index contributed by atoms with van der Waals surface area (Å²) in [6.07, 6.45) is -4.37. The molecule has 1 amide bonds. The molecule has 3 heterocycles. The van der Waals surface area contributed by atoms with E-state index in [9.17, 15) is 35.2 Å². The van der Waals surface area contributed by atoms with Gasteiger partial charge in [-0.05, 0) is 42.5 Å². The number of benzene rings is 1. The summed E-state index contributed by atoms with van der Waals surface area (Å²) in [6, 6.07) is 6.04. The molecule has 0 bridgehead atoms. The Morgan fingerprint density at radius 1 is 1.08 bits per heavy atom. The number of pyridine rings is 1. The molecular formula is C22H18F5N5O3S. The van der Waals surface area contributed by atoms with Crippen LogP contribution in [0.4, 0.5) is 22.0 Å². The van der Waals surface area contributed by atoms with Crippen molar-refractivity contribution in [3.8, 4) is 11.3 Å². The smallest absolute Gasteiger partial charge is 0.349 e. The number of hydrogen-bond donors (Lipinski definition) is 1. The van der Waals surface area contributed by atoms with Crippen molar-refractivity contribution in [1.29, 1.82) is 0 Å². The molecule has 1 aliphatic rings. The summed E-state index contributed by atoms with van der Waals surface area (Å²) in [7, 11) is -4.27. The highest BCUT2D eigenvalue weighted by Gasteiger charge is 2.44. The molecule has 0 radical (unpaired) electrons. The quantitative estimate of drug-likeness (QED) is 0.494. The summed E-state index contributed by atoms with van der Waals surface area (Å²) in [5, 5.41) is 2.51. The fourth-order valence-electron chi connectivity index (χ4n) is 3.66. The summed E-state index contributed by atoms with van der Waals surface area (Å²) in [5.74, 6) is -1.42. The molecule has 14 heteroatoms. The van der Waals surface area contributed by atoms with Crippen molar-refractivity contribution in [3.05, 3.63) is 72.2 Å². The van der Waals surface area contributed by atoms with Crippen molar-refractivity contribution < 1.29 is 35.2 Å². The highest BCUT2D eigenvalue weighted by molar-refractivity contribution is 7.89. The van der Waals surface area contributed by atoms with Crippen molar-refractivity contribution in [2.45, 2.75) is 36.3 Å². The molecule has 1 fully saturated rings. The van der Waals surface area contributed by atoms with Gasteiger partial charge in [0.05, 0.1) is 22.8 Å². The Kier molecular flexibility index (Phi) is 7.00. The maximum absolute atomic E-state index is 14.2. The van der Waals surface area contributed by atoms with Gasteiger partial charge in [-0.1, -0.05) is 0 Å². The molecule has 0 spiro atoms. The van der Waals surface area contributed by atoms with Crippen LogP contribution < -0.4 is 5.32 Å². The molecule has 3 aromatic rings. The summed E-state index contributed by atoms with van der Waals surface area (Å²) < 4.78 is 92.1. The molecule has 1 saturated heterocycles. The lowest BCUT2D eigenvalue weighted by molar-refractivity contribution is -0.141. The number of rotatable bonds is 6. The maximum Gasteiger partial charge on any atom is 0.433 e. The first-order chi connectivity index (χ1) is 16.9. The normalized spacial score (nSPS) is 18.8. The van der Waals surface area contributed by atoms with Crippen LogP contribution in [0.2, 0.25) is 0 Å². The van der Waals surface area contributed by atoms with Crippen LogP contribution in [-0.2, 0) is 27.5 Å². The van der Waals surface area contributed by atoms with E-state index >= 15 is 0 Å². The molecule has 0 saturated carbocycles. The zero-order valence-electron chi connectivity index (χ0n) is 18.3. The number of hydrogen-bond acceptors (Lipinski definition) is 6. The molecule has 1 aliphatic heterocycles. The Balaban J connectivity index is 1.46. The molecule has 36 heavy (non-hydrogen) atoms. The number of nitrogens with one attached hydrogen (secondary N) is 1. The Bertz CT molecular complexity index is 1350. The van der Waals surface area contributed by atoms with Gasteiger partial charge in [0.1, 0.15) is 30.1 Å². The molecule has 4 rings (SSSR count). The molecule has 2 aromatic heterocycles. The molecule has 1 N–H and O–H groups in total. The third-order valence-corrected chi connectivity index (χ3v) is 7.33. The van der Waals surface area contributed by atoms with Crippen LogP contribution in [0.15, 0.2) is 59.9 Å². The van der Waals surface area contributed by atoms with Crippen molar-refractivity contribution in [2.75, 3.05) is 6.54 Å². The number of nitrogens with zero attached hydrogens (tertiary/aromatic N) is 4. The lowest BCUT2D eigenvalue weighted by atomic mass is 10.1. The van der Waals surface area contributed by atoms with E-state index < -0.39 is 52.4 Å². The monoisotopic (exact) mass is 527 g/mol. The van der Waals surface area contributed by atoms with Crippen LogP contribution in [0.3, 0.4) is 0 Å². The number of aromatic nitrogens is 3. The van der Waals surface area contributed by atoms with E-state index in [1.54, 1.807) is 0 Å². The Hall–Kier alpha value is -3.52. The third kappa shape index (κ3) is 5.49. The van der Waals surface area contributed by atoms with Gasteiger partial charge in [-0.25, -0.2) is 27.2 Å². The van der Waals surface area contributed by atoms with Crippen LogP contribution in [-0.4, -0.2) is 52.3 Å². The lowest BCUT2D eigenvalue weighted by Crippen LogP contribution is -2.45. The van der Waals surface area contributed by atoms with E-state index in [0.717, 1.165) is 47.2 Å². The summed E-state index contributed by atoms with van der Waals surface area (Å²) in [4.78, 5) is 23.9. The van der Waals surface area contributed by atoms with E-state index in [2.05, 4.69) is 20.3 Å². The molecule has 1 aromatic carbocycles. The molecule has 190 valence electrons. The van der Waals surface area contributed by atoms with E-state index in [1.165, 1.54) is 12.1 Å². The van der Waals surface area contributed by atoms with Gasteiger partial charge in [-0.15, -0.1) is 0 Å². The van der Waals surface area contributed by atoms with Crippen molar-refractivity contribution in [3.63, 3.8) is 0 Å². The van der Waals surface area contributed by atoms with E-state index in [-0.39, 0.29) is 34.8 Å². The second kappa shape index (κ2) is 9.85. The summed E-state index contributed by atoms with van der Waals surface area (Å²) in [5.41, 5.74) is -0.252. The minimum Gasteiger partial charge on any atom is -0.349 e. The lowest BCUT2D eigenvalue weighted by Gasteiger charge is -2.23. The van der Waals surface area contributed by atoms with Gasteiger partial charge in [0.2, 0.25) is 15.9 Å². The van der Waals surface area contributed by atoms with Crippen LogP contribution in [0.1, 0.15) is 17.8 Å². The van der Waals surface area contributed by atoms with E-state index in [1.807, 2.05) is 0 Å². The predicted molar refractivity (Wildman–Crippen MR) is 116 cm³/mol. The first-order valence-corrected chi connectivity index (χ1v) is 11.9. The number of sulfonamides is 1. The van der Waals surface area contributed by atoms with E-state index in [4.69, 9.17) is 0 Å². The number of carbonyl (C=O) groups is 1. The topological polar surface area (TPSA) is 105 Å². The van der Waals surface area contributed by atoms with Crippen molar-refractivity contribution in [2.24, 2.45) is 0 Å². The van der Waals surface area contributed by atoms with Crippen molar-refractivity contribution in [1.82, 2.24) is 24.6 Å². The molecule has 0 aliphatic carbocycles. The van der Waals surface area contributed by atoms with Gasteiger partial charge < -0.3 is 5.32 Å². The van der Waals surface area contributed by atoms with Gasteiger partial charge in [0.15, 0.2) is 0 Å². The molecule has 0 unspecified atom stereocenters. The Labute approximate surface area is 202 Å². The summed E-state index contributed by atoms with van der Waals surface area (Å²) in [6.45, 7) is -0.712. The first kappa shape index (κ1) is 25.6. The van der Waals surface area contributed by atoms with Gasteiger partial charge in [0.25, 0.3) is 0 Å². The minimum atomic E-state index is -4.59. The third-order valence-electron chi connectivity index (χ3n) is 5.44. The fourth-order valence-corrected chi connectivity index (χ4v) is 5.29. The Morgan fingerprint density at radius 3 is 2.44 bits per heavy atom. The maximum atomic E-state index is 14.2. The zero-order chi connectivity index (χ0) is 26.1. The fraction of sp³-hybridized carbons (Fsp3) is 0.273. The zero-order valence-corrected chi connectivity index (χ0v) is 19.1. The minimum absolute atomic E-state index is 0.180. The van der Waals surface area contributed by atoms with Gasteiger partial charge >= 0.3 is 6.18 Å². The second-order valence-electron chi connectivity index (χ2n) is 7.92. The SMILES string of the molecule is O=C(NCc1cc(-c2ccc(C(F)(F)F)nc2)ncn1)[C@@H]1C[C@H](F)CN1S(=O)(=O)c1ccc(F)cc1. The first-order valence-electron chi connectivity index (χ1n) is 10.5. The predicted octanol–water partition coefficient (Wildman–Crippen LogP) is 3.11. The second-order valence-corrected chi connectivity index (χ2v) is 9.81. The Morgan fingerprint density at radius 2 is 1.81 bits per heavy atom. The highest BCUT2D eigenvalue weighted by atomic mass is 32.2. The van der Waals surface area contributed by atoms with Crippen LogP contribution in [0.25, 0.3) is 11.3 Å². The standard InChI is InChI=1S/C22H18F5N5O3S/c23-14-2-4-17(5-3-14)36(34,35)32-11-15(24)7-19(32)21(33)29-10-16-8-18(31-12-30-16)13-1-6-20(28-9-13)22(25,26)27/h1-6,8-9,12,15,19H,7,10-11H2,(H,29,33)/t15-,19-/m0/s1. The largest absolute Gasteiger partial charge is 0.433 e. The van der Waals surface area contributed by atoms with Gasteiger partial charge in [-0.2, -0.15) is 17.5 Å². The molecule has 8 nitrogen and oxygen atoms in total. The van der Waals surface area contributed by atoms with Crippen LogP contribution >= 0.6 is 0 Å². The average Bonchev–Trinajstić information content (AvgIpc) is 3.25. The van der Waals surface area contributed by atoms with E-state index in [0.29, 0.717) is 0 Å². The van der Waals surface area contributed by atoms with Crippen LogP contribution in [0, 0.1) is 5.82 Å². The highest BCUT2D eigenvalue weighted by Crippen LogP contribution is 2.29. The average molecular weight is 527 g/mol. The number of carbonyl (C=O) groups excluding carboxylic acids is 1. The number of alkyl halides is 4. The van der Waals surface area contributed by atoms with Crippen LogP contribution in [0.5, 0.6) is 0 Å². The molecular weight excluding hydrogens is 509 g/mol.